The molecule has 1 heterocycles. The summed E-state index contributed by atoms with van der Waals surface area (Å²) in [7, 11) is 1.64. The highest BCUT2D eigenvalue weighted by Crippen LogP contribution is 2.05. The third-order valence-electron chi connectivity index (χ3n) is 2.78. The number of urea groups is 1. The Bertz CT molecular complexity index is 274. The van der Waals surface area contributed by atoms with Crippen molar-refractivity contribution in [1.82, 2.24) is 15.1 Å². The minimum absolute atomic E-state index is 0.0574. The third-order valence-corrected chi connectivity index (χ3v) is 2.78. The first-order valence-corrected chi connectivity index (χ1v) is 5.92. The zero-order chi connectivity index (χ0) is 11.8. The Labute approximate surface area is 98.0 Å². The molecule has 1 N–H and O–H groups in total. The topological polar surface area (TPSA) is 35.6 Å². The zero-order valence-electron chi connectivity index (χ0n) is 10.3. The van der Waals surface area contributed by atoms with Crippen molar-refractivity contribution in [2.75, 3.05) is 39.8 Å². The van der Waals surface area contributed by atoms with Gasteiger partial charge in [-0.25, -0.2) is 4.79 Å². The lowest BCUT2D eigenvalue weighted by molar-refractivity contribution is 0.209. The molecule has 1 rings (SSSR count). The van der Waals surface area contributed by atoms with E-state index in [1.165, 1.54) is 25.9 Å². The van der Waals surface area contributed by atoms with Crippen LogP contribution in [-0.2, 0) is 0 Å². The molecule has 0 atom stereocenters. The molecule has 0 radical (unpaired) electrons. The van der Waals surface area contributed by atoms with Crippen molar-refractivity contribution in [2.24, 2.45) is 0 Å². The van der Waals surface area contributed by atoms with E-state index in [0.29, 0.717) is 13.1 Å². The van der Waals surface area contributed by atoms with Crippen LogP contribution in [0.15, 0.2) is 0 Å². The van der Waals surface area contributed by atoms with E-state index in [9.17, 15) is 4.79 Å². The van der Waals surface area contributed by atoms with Gasteiger partial charge in [0.15, 0.2) is 0 Å². The SMILES string of the molecule is CCN(CC#CCN1CCCC1)C(=O)NC. The highest BCUT2D eigenvalue weighted by molar-refractivity contribution is 5.74. The number of amides is 2. The molecule has 0 bridgehead atoms. The molecule has 0 aliphatic carbocycles. The summed E-state index contributed by atoms with van der Waals surface area (Å²) in [5.41, 5.74) is 0. The molecule has 1 saturated heterocycles. The summed E-state index contributed by atoms with van der Waals surface area (Å²) >= 11 is 0. The van der Waals surface area contributed by atoms with Crippen LogP contribution < -0.4 is 5.32 Å². The Morgan fingerprint density at radius 1 is 1.38 bits per heavy atom. The second-order valence-corrected chi connectivity index (χ2v) is 3.91. The first-order valence-electron chi connectivity index (χ1n) is 5.92. The lowest BCUT2D eigenvalue weighted by Crippen LogP contribution is -2.38. The molecular formula is C12H21N3O. The van der Waals surface area contributed by atoms with Gasteiger partial charge in [0.25, 0.3) is 0 Å². The Morgan fingerprint density at radius 2 is 2.06 bits per heavy atom. The Balaban J connectivity index is 2.25. The number of likely N-dealkylation sites (tertiary alicyclic amines) is 1. The van der Waals surface area contributed by atoms with Crippen molar-refractivity contribution in [3.63, 3.8) is 0 Å². The summed E-state index contributed by atoms with van der Waals surface area (Å²) in [6, 6.07) is -0.0574. The minimum atomic E-state index is -0.0574. The second kappa shape index (κ2) is 7.13. The van der Waals surface area contributed by atoms with Gasteiger partial charge in [-0.2, -0.15) is 0 Å². The Kier molecular flexibility index (Phi) is 5.73. The van der Waals surface area contributed by atoms with Gasteiger partial charge in [-0.3, -0.25) is 4.90 Å². The van der Waals surface area contributed by atoms with Gasteiger partial charge >= 0.3 is 6.03 Å². The van der Waals surface area contributed by atoms with E-state index >= 15 is 0 Å². The van der Waals surface area contributed by atoms with Crippen LogP contribution in [0, 0.1) is 11.8 Å². The average Bonchev–Trinajstić information content (AvgIpc) is 2.81. The van der Waals surface area contributed by atoms with Gasteiger partial charge in [-0.15, -0.1) is 0 Å². The van der Waals surface area contributed by atoms with Gasteiger partial charge in [0.1, 0.15) is 0 Å². The highest BCUT2D eigenvalue weighted by Gasteiger charge is 2.09. The summed E-state index contributed by atoms with van der Waals surface area (Å²) < 4.78 is 0. The monoisotopic (exact) mass is 223 g/mol. The predicted octanol–water partition coefficient (Wildman–Crippen LogP) is 0.747. The molecule has 1 aliphatic heterocycles. The molecular weight excluding hydrogens is 202 g/mol. The maximum atomic E-state index is 11.3. The predicted molar refractivity (Wildman–Crippen MR) is 65.2 cm³/mol. The molecule has 0 aromatic rings. The summed E-state index contributed by atoms with van der Waals surface area (Å²) in [6.45, 7) is 6.34. The van der Waals surface area contributed by atoms with E-state index < -0.39 is 0 Å². The lowest BCUT2D eigenvalue weighted by Gasteiger charge is -2.16. The van der Waals surface area contributed by atoms with Crippen LogP contribution in [0.25, 0.3) is 0 Å². The smallest absolute Gasteiger partial charge is 0.317 e. The van der Waals surface area contributed by atoms with E-state index in [2.05, 4.69) is 22.1 Å². The van der Waals surface area contributed by atoms with Gasteiger partial charge in [0.05, 0.1) is 13.1 Å². The standard InChI is InChI=1S/C12H21N3O/c1-3-15(12(16)13-2)11-7-6-10-14-8-4-5-9-14/h3-5,8-11H2,1-2H3,(H,13,16). The van der Waals surface area contributed by atoms with Crippen molar-refractivity contribution < 1.29 is 4.79 Å². The van der Waals surface area contributed by atoms with E-state index in [-0.39, 0.29) is 6.03 Å². The van der Waals surface area contributed by atoms with Gasteiger partial charge in [-0.1, -0.05) is 11.8 Å². The zero-order valence-corrected chi connectivity index (χ0v) is 10.3. The summed E-state index contributed by atoms with van der Waals surface area (Å²) in [5.74, 6) is 6.18. The van der Waals surface area contributed by atoms with E-state index in [0.717, 1.165) is 6.54 Å². The maximum absolute atomic E-state index is 11.3. The van der Waals surface area contributed by atoms with Gasteiger partial charge in [0.2, 0.25) is 0 Å². The van der Waals surface area contributed by atoms with E-state index in [4.69, 9.17) is 0 Å². The van der Waals surface area contributed by atoms with Crippen molar-refractivity contribution in [2.45, 2.75) is 19.8 Å². The molecule has 2 amide bonds. The molecule has 4 heteroatoms. The highest BCUT2D eigenvalue weighted by atomic mass is 16.2. The third kappa shape index (κ3) is 4.11. The van der Waals surface area contributed by atoms with Crippen LogP contribution in [-0.4, -0.2) is 55.6 Å². The van der Waals surface area contributed by atoms with Crippen molar-refractivity contribution >= 4 is 6.03 Å². The van der Waals surface area contributed by atoms with E-state index in [1.54, 1.807) is 11.9 Å². The second-order valence-electron chi connectivity index (χ2n) is 3.91. The molecule has 4 nitrogen and oxygen atoms in total. The number of rotatable bonds is 3. The first-order chi connectivity index (χ1) is 7.77. The van der Waals surface area contributed by atoms with Crippen LogP contribution in [0.1, 0.15) is 19.8 Å². The fraction of sp³-hybridized carbons (Fsp3) is 0.750. The van der Waals surface area contributed by atoms with Crippen LogP contribution in [0.3, 0.4) is 0 Å². The molecule has 0 spiro atoms. The van der Waals surface area contributed by atoms with Gasteiger partial charge in [-0.05, 0) is 32.9 Å². The normalized spacial score (nSPS) is 15.4. The van der Waals surface area contributed by atoms with Crippen molar-refractivity contribution in [3.8, 4) is 11.8 Å². The summed E-state index contributed by atoms with van der Waals surface area (Å²) in [4.78, 5) is 15.4. The fourth-order valence-electron chi connectivity index (χ4n) is 1.75. The molecule has 0 aromatic carbocycles. The molecule has 1 fully saturated rings. The van der Waals surface area contributed by atoms with Gasteiger partial charge < -0.3 is 10.2 Å². The molecule has 0 aromatic heterocycles. The number of nitrogens with zero attached hydrogens (tertiary/aromatic N) is 2. The van der Waals surface area contributed by atoms with Crippen LogP contribution in [0.5, 0.6) is 0 Å². The number of hydrogen-bond donors (Lipinski definition) is 1. The average molecular weight is 223 g/mol. The Morgan fingerprint density at radius 3 is 2.62 bits per heavy atom. The molecule has 0 saturated carbocycles. The fourth-order valence-corrected chi connectivity index (χ4v) is 1.75. The number of nitrogens with one attached hydrogen (secondary N) is 1. The van der Waals surface area contributed by atoms with Crippen LogP contribution >= 0.6 is 0 Å². The summed E-state index contributed by atoms with van der Waals surface area (Å²) in [5, 5.41) is 2.61. The quantitative estimate of drug-likeness (QED) is 0.717. The van der Waals surface area contributed by atoms with E-state index in [1.807, 2.05) is 6.92 Å². The first kappa shape index (κ1) is 12.9. The Hall–Kier alpha value is -1.21. The van der Waals surface area contributed by atoms with Crippen LogP contribution in [0.4, 0.5) is 4.79 Å². The molecule has 90 valence electrons. The van der Waals surface area contributed by atoms with Crippen molar-refractivity contribution in [3.05, 3.63) is 0 Å². The molecule has 1 aliphatic rings. The lowest BCUT2D eigenvalue weighted by atomic mass is 10.4. The van der Waals surface area contributed by atoms with Gasteiger partial charge in [0, 0.05) is 13.6 Å². The summed E-state index contributed by atoms with van der Waals surface area (Å²) in [6.07, 6.45) is 2.59. The number of carbonyl (C=O) groups excluding carboxylic acids is 1. The number of carbonyl (C=O) groups is 1. The number of hydrogen-bond acceptors (Lipinski definition) is 2. The molecule has 0 unspecified atom stereocenters. The van der Waals surface area contributed by atoms with Crippen LogP contribution in [0.2, 0.25) is 0 Å². The largest absolute Gasteiger partial charge is 0.341 e. The molecule has 16 heavy (non-hydrogen) atoms. The minimum Gasteiger partial charge on any atom is -0.341 e. The maximum Gasteiger partial charge on any atom is 0.317 e. The van der Waals surface area contributed by atoms with Crippen molar-refractivity contribution in [1.29, 1.82) is 0 Å².